The van der Waals surface area contributed by atoms with Crippen molar-refractivity contribution < 1.29 is 22.7 Å². The van der Waals surface area contributed by atoms with Crippen molar-refractivity contribution in [2.75, 3.05) is 24.3 Å². The highest BCUT2D eigenvalue weighted by molar-refractivity contribution is 5.92. The van der Waals surface area contributed by atoms with Gasteiger partial charge < -0.3 is 15.4 Å². The molecule has 3 heterocycles. The normalized spacial score (nSPS) is 18.8. The van der Waals surface area contributed by atoms with Gasteiger partial charge in [0, 0.05) is 48.8 Å². The van der Waals surface area contributed by atoms with E-state index in [-0.39, 0.29) is 31.8 Å². The van der Waals surface area contributed by atoms with Gasteiger partial charge in [0.25, 0.3) is 0 Å². The smallest absolute Gasteiger partial charge is 0.378 e. The number of hydrogen-bond acceptors (Lipinski definition) is 5. The molecule has 2 aromatic heterocycles. The summed E-state index contributed by atoms with van der Waals surface area (Å²) in [5, 5.41) is 6.66. The Labute approximate surface area is 189 Å². The van der Waals surface area contributed by atoms with Crippen LogP contribution in [0.1, 0.15) is 24.8 Å². The molecule has 4 rings (SSSR count). The van der Waals surface area contributed by atoms with Crippen LogP contribution in [0.4, 0.5) is 24.7 Å². The predicted molar refractivity (Wildman–Crippen MR) is 121 cm³/mol. The summed E-state index contributed by atoms with van der Waals surface area (Å²) < 4.78 is 44.4. The van der Waals surface area contributed by atoms with Crippen molar-refractivity contribution in [1.29, 1.82) is 0 Å². The van der Waals surface area contributed by atoms with Crippen molar-refractivity contribution in [3.05, 3.63) is 48.3 Å². The third-order valence-corrected chi connectivity index (χ3v) is 5.90. The lowest BCUT2D eigenvalue weighted by atomic mass is 9.93. The number of nitrogens with zero attached hydrogens (tertiary/aromatic N) is 2. The number of ether oxygens (including phenoxy) is 1. The van der Waals surface area contributed by atoms with Gasteiger partial charge >= 0.3 is 6.18 Å². The van der Waals surface area contributed by atoms with Crippen molar-refractivity contribution in [2.24, 2.45) is 5.92 Å². The molecule has 0 spiro atoms. The third kappa shape index (κ3) is 5.42. The fourth-order valence-electron chi connectivity index (χ4n) is 4.06. The number of aryl methyl sites for hydroxylation is 1. The quantitative estimate of drug-likeness (QED) is 0.540. The minimum absolute atomic E-state index is 0.0104. The van der Waals surface area contributed by atoms with Crippen molar-refractivity contribution in [1.82, 2.24) is 9.97 Å². The van der Waals surface area contributed by atoms with Gasteiger partial charge in [0.15, 0.2) is 0 Å². The first kappa shape index (κ1) is 23.0. The second-order valence-corrected chi connectivity index (χ2v) is 8.27. The van der Waals surface area contributed by atoms with Crippen LogP contribution in [-0.2, 0) is 9.53 Å². The molecule has 2 atom stereocenters. The molecular weight excluding hydrogens is 433 g/mol. The van der Waals surface area contributed by atoms with Gasteiger partial charge in [-0.3, -0.25) is 9.78 Å². The average Bonchev–Trinajstić information content (AvgIpc) is 2.79. The van der Waals surface area contributed by atoms with E-state index in [9.17, 15) is 18.0 Å². The van der Waals surface area contributed by atoms with Crippen molar-refractivity contribution in [2.45, 2.75) is 38.5 Å². The number of carbonyl (C=O) groups excluding carboxylic acids is 1. The molecule has 174 valence electrons. The number of benzene rings is 1. The lowest BCUT2D eigenvalue weighted by molar-refractivity contribution is -0.202. The first-order valence-corrected chi connectivity index (χ1v) is 10.8. The lowest BCUT2D eigenvalue weighted by Gasteiger charge is -2.30. The highest BCUT2D eigenvalue weighted by atomic mass is 19.4. The van der Waals surface area contributed by atoms with Gasteiger partial charge in [-0.2, -0.15) is 13.2 Å². The van der Waals surface area contributed by atoms with E-state index in [4.69, 9.17) is 4.74 Å². The van der Waals surface area contributed by atoms with Crippen LogP contribution in [-0.4, -0.2) is 41.8 Å². The Morgan fingerprint density at radius 3 is 2.76 bits per heavy atom. The Balaban J connectivity index is 1.48. The standard InChI is InChI=1S/C24H25F3N4O2/c1-14-3-4-18(31-23(32)10-19-8-17(5-6-33-19)24(25,26)27)9-20(14)15-7-16-13-30-22(28-2)11-21(16)29-12-15/h3-4,7,9,11-13,17,19H,5-6,8,10H2,1-2H3,(H,28,30)(H,31,32). The van der Waals surface area contributed by atoms with Crippen molar-refractivity contribution in [3.63, 3.8) is 0 Å². The summed E-state index contributed by atoms with van der Waals surface area (Å²) in [5.41, 5.74) is 4.14. The summed E-state index contributed by atoms with van der Waals surface area (Å²) in [7, 11) is 1.79. The van der Waals surface area contributed by atoms with E-state index in [1.807, 2.05) is 31.2 Å². The van der Waals surface area contributed by atoms with Gasteiger partial charge in [-0.25, -0.2) is 4.98 Å². The molecule has 1 aliphatic rings. The number of nitrogens with one attached hydrogen (secondary N) is 2. The van der Waals surface area contributed by atoms with E-state index in [2.05, 4.69) is 20.6 Å². The number of hydrogen-bond donors (Lipinski definition) is 2. The molecule has 1 aromatic carbocycles. The number of alkyl halides is 3. The van der Waals surface area contributed by atoms with E-state index in [0.29, 0.717) is 5.69 Å². The van der Waals surface area contributed by atoms with E-state index in [1.54, 1.807) is 25.5 Å². The number of anilines is 2. The number of fused-ring (bicyclic) bond motifs is 1. The Bertz CT molecular complexity index is 1170. The number of amides is 1. The molecule has 33 heavy (non-hydrogen) atoms. The summed E-state index contributed by atoms with van der Waals surface area (Å²) >= 11 is 0. The van der Waals surface area contributed by atoms with Gasteiger partial charge in [-0.1, -0.05) is 6.07 Å². The van der Waals surface area contributed by atoms with Gasteiger partial charge in [-0.05, 0) is 49.1 Å². The topological polar surface area (TPSA) is 76.1 Å². The molecule has 1 aliphatic heterocycles. The number of carbonyl (C=O) groups is 1. The summed E-state index contributed by atoms with van der Waals surface area (Å²) in [6.07, 6.45) is -1.86. The molecule has 9 heteroatoms. The van der Waals surface area contributed by atoms with Crippen LogP contribution in [0.2, 0.25) is 0 Å². The summed E-state index contributed by atoms with van der Waals surface area (Å²) in [5.74, 6) is -1.07. The summed E-state index contributed by atoms with van der Waals surface area (Å²) in [6, 6.07) is 9.33. The Kier molecular flexibility index (Phi) is 6.51. The average molecular weight is 458 g/mol. The zero-order valence-corrected chi connectivity index (χ0v) is 18.4. The van der Waals surface area contributed by atoms with Crippen LogP contribution < -0.4 is 10.6 Å². The second kappa shape index (κ2) is 9.35. The van der Waals surface area contributed by atoms with Crippen LogP contribution >= 0.6 is 0 Å². The maximum absolute atomic E-state index is 13.0. The van der Waals surface area contributed by atoms with Gasteiger partial charge in [0.2, 0.25) is 5.91 Å². The third-order valence-electron chi connectivity index (χ3n) is 5.90. The van der Waals surface area contributed by atoms with Gasteiger partial charge in [-0.15, -0.1) is 0 Å². The molecule has 6 nitrogen and oxygen atoms in total. The van der Waals surface area contributed by atoms with Crippen molar-refractivity contribution >= 4 is 28.3 Å². The highest BCUT2D eigenvalue weighted by Crippen LogP contribution is 2.36. The van der Waals surface area contributed by atoms with Gasteiger partial charge in [0.1, 0.15) is 5.82 Å². The van der Waals surface area contributed by atoms with Crippen LogP contribution in [0.5, 0.6) is 0 Å². The molecule has 1 amide bonds. The first-order valence-electron chi connectivity index (χ1n) is 10.8. The zero-order chi connectivity index (χ0) is 23.6. The Morgan fingerprint density at radius 1 is 1.18 bits per heavy atom. The molecule has 0 aliphatic carbocycles. The summed E-state index contributed by atoms with van der Waals surface area (Å²) in [4.78, 5) is 21.4. The minimum atomic E-state index is -4.26. The van der Waals surface area contributed by atoms with Crippen LogP contribution in [0.15, 0.2) is 42.7 Å². The first-order chi connectivity index (χ1) is 15.7. The van der Waals surface area contributed by atoms with E-state index in [0.717, 1.165) is 33.4 Å². The number of halogens is 3. The molecule has 2 unspecified atom stereocenters. The molecule has 2 N–H and O–H groups in total. The van der Waals surface area contributed by atoms with E-state index < -0.39 is 18.2 Å². The van der Waals surface area contributed by atoms with Crippen LogP contribution in [0, 0.1) is 12.8 Å². The van der Waals surface area contributed by atoms with Crippen LogP contribution in [0.25, 0.3) is 22.0 Å². The molecule has 1 fully saturated rings. The largest absolute Gasteiger partial charge is 0.392 e. The summed E-state index contributed by atoms with van der Waals surface area (Å²) in [6.45, 7) is 1.97. The maximum atomic E-state index is 13.0. The zero-order valence-electron chi connectivity index (χ0n) is 18.4. The fourth-order valence-corrected chi connectivity index (χ4v) is 4.06. The second-order valence-electron chi connectivity index (χ2n) is 8.27. The van der Waals surface area contributed by atoms with E-state index >= 15 is 0 Å². The number of rotatable bonds is 5. The fraction of sp³-hybridized carbons (Fsp3) is 0.375. The number of aromatic nitrogens is 2. The Hall–Kier alpha value is -3.20. The highest BCUT2D eigenvalue weighted by Gasteiger charge is 2.42. The SMILES string of the molecule is CNc1cc2ncc(-c3cc(NC(=O)CC4CC(C(F)(F)F)CCO4)ccc3C)cc2cn1. The van der Waals surface area contributed by atoms with Crippen molar-refractivity contribution in [3.8, 4) is 11.1 Å². The predicted octanol–water partition coefficient (Wildman–Crippen LogP) is 5.33. The molecule has 1 saturated heterocycles. The Morgan fingerprint density at radius 2 is 2.00 bits per heavy atom. The molecule has 3 aromatic rings. The number of pyridine rings is 2. The monoisotopic (exact) mass is 458 g/mol. The van der Waals surface area contributed by atoms with Gasteiger partial charge in [0.05, 0.1) is 24.0 Å². The lowest BCUT2D eigenvalue weighted by Crippen LogP contribution is -2.36. The minimum Gasteiger partial charge on any atom is -0.378 e. The van der Waals surface area contributed by atoms with E-state index in [1.165, 1.54) is 0 Å². The molecule has 0 saturated carbocycles. The molecular formula is C24H25F3N4O2. The maximum Gasteiger partial charge on any atom is 0.392 e. The molecule has 0 bridgehead atoms. The van der Waals surface area contributed by atoms with Crippen LogP contribution in [0.3, 0.4) is 0 Å². The molecule has 0 radical (unpaired) electrons.